The molecule has 0 nitrogen and oxygen atoms in total. The third-order valence-electron chi connectivity index (χ3n) is 1.52. The molecule has 52 valence electrons. The molecule has 0 heterocycles. The number of hydrogen-bond acceptors (Lipinski definition) is 0. The lowest BCUT2D eigenvalue weighted by atomic mass is 10.4. The highest BCUT2D eigenvalue weighted by Gasteiger charge is 2.12. The quantitative estimate of drug-likeness (QED) is 0.594. The van der Waals surface area contributed by atoms with Crippen molar-refractivity contribution in [3.05, 3.63) is 30.3 Å². The van der Waals surface area contributed by atoms with Gasteiger partial charge in [0.15, 0.2) is 0 Å². The van der Waals surface area contributed by atoms with Gasteiger partial charge in [0, 0.05) is 0 Å². The van der Waals surface area contributed by atoms with Crippen molar-refractivity contribution in [1.82, 2.24) is 0 Å². The minimum atomic E-state index is -1.07. The summed E-state index contributed by atoms with van der Waals surface area (Å²) >= 11 is -1.07. The molecule has 0 aromatic heterocycles. The van der Waals surface area contributed by atoms with E-state index in [0.717, 1.165) is 5.28 Å². The summed E-state index contributed by atoms with van der Waals surface area (Å²) in [4.78, 5) is 0. The molecular weight excluding hydrogens is 159 g/mol. The summed E-state index contributed by atoms with van der Waals surface area (Å²) in [5.74, 6) is 0. The van der Waals surface area contributed by atoms with E-state index in [1.54, 1.807) is 0 Å². The molecule has 0 unspecified atom stereocenters. The van der Waals surface area contributed by atoms with Crippen LogP contribution in [0.15, 0.2) is 30.3 Å². The van der Waals surface area contributed by atoms with E-state index in [2.05, 4.69) is 19.1 Å². The van der Waals surface area contributed by atoms with E-state index in [9.17, 15) is 0 Å². The highest BCUT2D eigenvalue weighted by Crippen LogP contribution is 1.97. The molecular formula is C8H10AlCl. The topological polar surface area (TPSA) is 0 Å². The standard InChI is InChI=1S/C6H5.C2H5.Al.ClH/c1-2-4-6-5-3-1;1-2;;/h1-5H;1H2,2H3;;1H/q;;+1;/p-1. The fourth-order valence-electron chi connectivity index (χ4n) is 0.898. The number of halogens is 1. The second-order valence-corrected chi connectivity index (χ2v) is 6.29. The lowest BCUT2D eigenvalue weighted by Crippen LogP contribution is -2.21. The molecule has 2 heteroatoms. The van der Waals surface area contributed by atoms with Crippen LogP contribution in [0.5, 0.6) is 0 Å². The van der Waals surface area contributed by atoms with Gasteiger partial charge in [-0.05, 0) is 0 Å². The van der Waals surface area contributed by atoms with Crippen molar-refractivity contribution in [3.63, 3.8) is 0 Å². The van der Waals surface area contributed by atoms with E-state index in [4.69, 9.17) is 10.0 Å². The van der Waals surface area contributed by atoms with E-state index >= 15 is 0 Å². The molecule has 10 heavy (non-hydrogen) atoms. The molecule has 0 aliphatic heterocycles. The van der Waals surface area contributed by atoms with Crippen LogP contribution >= 0.6 is 10.0 Å². The van der Waals surface area contributed by atoms with Gasteiger partial charge in [-0.25, -0.2) is 0 Å². The van der Waals surface area contributed by atoms with E-state index in [-0.39, 0.29) is 0 Å². The Labute approximate surface area is 70.4 Å². The Morgan fingerprint density at radius 2 is 1.90 bits per heavy atom. The Morgan fingerprint density at radius 1 is 1.30 bits per heavy atom. The van der Waals surface area contributed by atoms with Gasteiger partial charge in [0.25, 0.3) is 0 Å². The molecule has 0 spiro atoms. The van der Waals surface area contributed by atoms with Crippen LogP contribution < -0.4 is 4.43 Å². The highest BCUT2D eigenvalue weighted by molar-refractivity contribution is 7.14. The van der Waals surface area contributed by atoms with Gasteiger partial charge in [0.1, 0.15) is 0 Å². The Morgan fingerprint density at radius 3 is 2.40 bits per heavy atom. The zero-order chi connectivity index (χ0) is 7.40. The van der Waals surface area contributed by atoms with Crippen molar-refractivity contribution in [2.24, 2.45) is 0 Å². The van der Waals surface area contributed by atoms with Gasteiger partial charge < -0.3 is 0 Å². The fourth-order valence-corrected chi connectivity index (χ4v) is 2.45. The Bertz CT molecular complexity index is 186. The maximum atomic E-state index is 6.13. The number of hydrogen-bond donors (Lipinski definition) is 0. The Kier molecular flexibility index (Phi) is 3.28. The first-order valence-electron chi connectivity index (χ1n) is 3.53. The first-order chi connectivity index (χ1) is 4.84. The molecule has 1 aromatic carbocycles. The van der Waals surface area contributed by atoms with Crippen LogP contribution in [0.2, 0.25) is 5.28 Å². The molecule has 0 saturated carbocycles. The minimum Gasteiger partial charge on any atom is -0.253 e. The second kappa shape index (κ2) is 4.03. The first kappa shape index (κ1) is 8.14. The van der Waals surface area contributed by atoms with Crippen LogP contribution in [0.25, 0.3) is 0 Å². The maximum absolute atomic E-state index is 6.13. The van der Waals surface area contributed by atoms with Crippen LogP contribution in [0.3, 0.4) is 0 Å². The summed E-state index contributed by atoms with van der Waals surface area (Å²) < 4.78 is 1.35. The van der Waals surface area contributed by atoms with Crippen molar-refractivity contribution >= 4 is 27.7 Å². The summed E-state index contributed by atoms with van der Waals surface area (Å²) in [6.45, 7) is 2.15. The Balaban J connectivity index is 2.75. The van der Waals surface area contributed by atoms with Crippen LogP contribution in [-0.4, -0.2) is 13.2 Å². The fraction of sp³-hybridized carbons (Fsp3) is 0.250. The van der Waals surface area contributed by atoms with Gasteiger partial charge in [0.05, 0.1) is 0 Å². The molecule has 0 fully saturated rings. The van der Waals surface area contributed by atoms with Crippen molar-refractivity contribution in [2.45, 2.75) is 12.2 Å². The third-order valence-corrected chi connectivity index (χ3v) is 5.03. The molecule has 0 radical (unpaired) electrons. The van der Waals surface area contributed by atoms with Gasteiger partial charge in [0.2, 0.25) is 0 Å². The molecule has 0 amide bonds. The van der Waals surface area contributed by atoms with Crippen molar-refractivity contribution in [2.75, 3.05) is 0 Å². The maximum Gasteiger partial charge on any atom is 0.437 e. The zero-order valence-corrected chi connectivity index (χ0v) is 7.96. The molecule has 1 rings (SSSR count). The summed E-state index contributed by atoms with van der Waals surface area (Å²) in [5, 5.41) is 1.13. The average Bonchev–Trinajstić information content (AvgIpc) is 2.05. The van der Waals surface area contributed by atoms with E-state index in [1.807, 2.05) is 18.2 Å². The van der Waals surface area contributed by atoms with E-state index in [1.165, 1.54) is 4.43 Å². The highest BCUT2D eigenvalue weighted by atomic mass is 35.6. The molecule has 0 aliphatic rings. The van der Waals surface area contributed by atoms with Crippen LogP contribution in [0.4, 0.5) is 0 Å². The van der Waals surface area contributed by atoms with Crippen molar-refractivity contribution in [3.8, 4) is 0 Å². The average molecular weight is 169 g/mol. The summed E-state index contributed by atoms with van der Waals surface area (Å²) in [7, 11) is 6.13. The normalized spacial score (nSPS) is 9.40. The van der Waals surface area contributed by atoms with E-state index < -0.39 is 13.2 Å². The van der Waals surface area contributed by atoms with E-state index in [0.29, 0.717) is 0 Å². The van der Waals surface area contributed by atoms with Crippen LogP contribution in [0, 0.1) is 0 Å². The SMILES string of the molecule is C[CH2][Al]([Cl])[c]1ccccc1. The molecule has 0 aliphatic carbocycles. The number of rotatable bonds is 2. The molecule has 1 aromatic rings. The first-order valence-corrected chi connectivity index (χ1v) is 6.67. The largest absolute Gasteiger partial charge is 0.437 e. The lowest BCUT2D eigenvalue weighted by Gasteiger charge is -1.98. The predicted molar refractivity (Wildman–Crippen MR) is 48.2 cm³/mol. The van der Waals surface area contributed by atoms with Gasteiger partial charge in [-0.2, -0.15) is 0 Å². The third kappa shape index (κ3) is 2.02. The second-order valence-electron chi connectivity index (χ2n) is 2.29. The summed E-state index contributed by atoms with van der Waals surface area (Å²) in [6.07, 6.45) is 0. The predicted octanol–water partition coefficient (Wildman–Crippen LogP) is 2.14. The monoisotopic (exact) mass is 168 g/mol. The Hall–Kier alpha value is 0.0425. The summed E-state index contributed by atoms with van der Waals surface area (Å²) in [5.41, 5.74) is 0. The van der Waals surface area contributed by atoms with Crippen LogP contribution in [-0.2, 0) is 0 Å². The van der Waals surface area contributed by atoms with Crippen molar-refractivity contribution in [1.29, 1.82) is 0 Å². The van der Waals surface area contributed by atoms with Gasteiger partial charge in [-0.15, -0.1) is 0 Å². The molecule has 0 saturated heterocycles. The minimum absolute atomic E-state index is 1.07. The van der Waals surface area contributed by atoms with Crippen LogP contribution in [0.1, 0.15) is 6.92 Å². The van der Waals surface area contributed by atoms with Gasteiger partial charge >= 0.3 is 13.2 Å². The van der Waals surface area contributed by atoms with Gasteiger partial charge in [-0.3, -0.25) is 10.0 Å². The smallest absolute Gasteiger partial charge is 0.253 e. The summed E-state index contributed by atoms with van der Waals surface area (Å²) in [6, 6.07) is 10.4. The van der Waals surface area contributed by atoms with Gasteiger partial charge in [-0.1, -0.05) is 47.0 Å². The van der Waals surface area contributed by atoms with Crippen molar-refractivity contribution < 1.29 is 0 Å². The molecule has 0 N–H and O–H groups in total. The lowest BCUT2D eigenvalue weighted by molar-refractivity contribution is 1.45. The molecule has 0 bridgehead atoms. The number of benzene rings is 1. The zero-order valence-electron chi connectivity index (χ0n) is 6.05. The molecule has 0 atom stereocenters.